The van der Waals surface area contributed by atoms with Crippen LogP contribution < -0.4 is 0 Å². The molecule has 3 nitrogen and oxygen atoms in total. The van der Waals surface area contributed by atoms with Crippen molar-refractivity contribution in [3.05, 3.63) is 0 Å². The number of piperazine rings is 1. The van der Waals surface area contributed by atoms with Gasteiger partial charge in [-0.1, -0.05) is 0 Å². The van der Waals surface area contributed by atoms with Crippen LogP contribution in [0.2, 0.25) is 0 Å². The Morgan fingerprint density at radius 3 is 2.33 bits per heavy atom. The van der Waals surface area contributed by atoms with Crippen molar-refractivity contribution in [2.75, 3.05) is 46.9 Å². The van der Waals surface area contributed by atoms with E-state index in [2.05, 4.69) is 23.8 Å². The van der Waals surface area contributed by atoms with E-state index in [0.717, 1.165) is 6.54 Å². The number of hydrogen-bond donors (Lipinski definition) is 0. The molecule has 0 radical (unpaired) electrons. The first kappa shape index (κ1) is 9.96. The van der Waals surface area contributed by atoms with E-state index in [1.807, 2.05) is 0 Å². The fraction of sp³-hybridized carbons (Fsp3) is 1.00. The molecule has 0 saturated carbocycles. The molecule has 1 rings (SSSR count). The van der Waals surface area contributed by atoms with Gasteiger partial charge in [-0.3, -0.25) is 4.90 Å². The fourth-order valence-corrected chi connectivity index (χ4v) is 1.47. The number of likely N-dealkylation sites (N-methyl/N-ethyl adjacent to an activating group) is 1. The van der Waals surface area contributed by atoms with Crippen LogP contribution >= 0.6 is 0 Å². The van der Waals surface area contributed by atoms with Crippen molar-refractivity contribution in [3.8, 4) is 0 Å². The molecule has 0 spiro atoms. The number of rotatable bonds is 3. The predicted molar refractivity (Wildman–Crippen MR) is 50.4 cm³/mol. The van der Waals surface area contributed by atoms with Gasteiger partial charge in [-0.05, 0) is 14.0 Å². The molecule has 0 unspecified atom stereocenters. The minimum Gasteiger partial charge on any atom is -0.380 e. The number of hydrogen-bond acceptors (Lipinski definition) is 3. The highest BCUT2D eigenvalue weighted by atomic mass is 16.5. The molecule has 1 atom stereocenters. The Labute approximate surface area is 75.3 Å². The third kappa shape index (κ3) is 3.09. The van der Waals surface area contributed by atoms with Gasteiger partial charge in [-0.2, -0.15) is 0 Å². The molecule has 0 aromatic heterocycles. The predicted octanol–water partition coefficient (Wildman–Crippen LogP) is 0.269. The van der Waals surface area contributed by atoms with Crippen LogP contribution in [0.3, 0.4) is 0 Å². The van der Waals surface area contributed by atoms with Crippen molar-refractivity contribution in [3.63, 3.8) is 0 Å². The van der Waals surface area contributed by atoms with E-state index in [0.29, 0.717) is 6.10 Å². The van der Waals surface area contributed by atoms with Gasteiger partial charge in [0.05, 0.1) is 6.10 Å². The Morgan fingerprint density at radius 2 is 1.83 bits per heavy atom. The van der Waals surface area contributed by atoms with Crippen LogP contribution in [0.15, 0.2) is 0 Å². The number of methoxy groups -OCH3 is 1. The van der Waals surface area contributed by atoms with Gasteiger partial charge < -0.3 is 9.64 Å². The van der Waals surface area contributed by atoms with Crippen molar-refractivity contribution >= 4 is 0 Å². The minimum absolute atomic E-state index is 0.369. The van der Waals surface area contributed by atoms with Gasteiger partial charge in [0, 0.05) is 39.8 Å². The maximum Gasteiger partial charge on any atom is 0.0670 e. The monoisotopic (exact) mass is 172 g/mol. The Hall–Kier alpha value is -0.120. The molecule has 0 aliphatic carbocycles. The molecule has 3 heteroatoms. The van der Waals surface area contributed by atoms with E-state index in [9.17, 15) is 0 Å². The summed E-state index contributed by atoms with van der Waals surface area (Å²) in [4.78, 5) is 4.84. The molecule has 0 N–H and O–H groups in total. The number of ether oxygens (including phenoxy) is 1. The molecule has 0 bridgehead atoms. The largest absolute Gasteiger partial charge is 0.380 e. The fourth-order valence-electron chi connectivity index (χ4n) is 1.47. The van der Waals surface area contributed by atoms with Crippen LogP contribution in [0, 0.1) is 0 Å². The molecule has 0 aromatic rings. The molecule has 1 saturated heterocycles. The zero-order valence-corrected chi connectivity index (χ0v) is 8.42. The molecule has 0 aromatic carbocycles. The quantitative estimate of drug-likeness (QED) is 0.607. The highest BCUT2D eigenvalue weighted by Crippen LogP contribution is 2.01. The molecule has 1 aliphatic heterocycles. The van der Waals surface area contributed by atoms with Gasteiger partial charge in [0.2, 0.25) is 0 Å². The lowest BCUT2D eigenvalue weighted by Crippen LogP contribution is -2.46. The third-order valence-electron chi connectivity index (χ3n) is 2.51. The van der Waals surface area contributed by atoms with Crippen molar-refractivity contribution in [2.24, 2.45) is 0 Å². The lowest BCUT2D eigenvalue weighted by molar-refractivity contribution is 0.0575. The van der Waals surface area contributed by atoms with E-state index in [1.165, 1.54) is 26.2 Å². The molecular formula is C9H20N2O. The first-order valence-corrected chi connectivity index (χ1v) is 4.66. The summed E-state index contributed by atoms with van der Waals surface area (Å²) >= 11 is 0. The highest BCUT2D eigenvalue weighted by Gasteiger charge is 2.15. The summed E-state index contributed by atoms with van der Waals surface area (Å²) in [7, 11) is 3.96. The highest BCUT2D eigenvalue weighted by molar-refractivity contribution is 4.70. The van der Waals surface area contributed by atoms with Gasteiger partial charge in [-0.25, -0.2) is 0 Å². The van der Waals surface area contributed by atoms with Crippen molar-refractivity contribution in [2.45, 2.75) is 13.0 Å². The van der Waals surface area contributed by atoms with E-state index in [1.54, 1.807) is 7.11 Å². The maximum atomic E-state index is 5.22. The Kier molecular flexibility index (Phi) is 3.98. The van der Waals surface area contributed by atoms with Crippen LogP contribution in [0.25, 0.3) is 0 Å². The third-order valence-corrected chi connectivity index (χ3v) is 2.51. The summed E-state index contributed by atoms with van der Waals surface area (Å²) < 4.78 is 5.22. The second kappa shape index (κ2) is 4.80. The normalized spacial score (nSPS) is 24.2. The Bertz CT molecular complexity index is 122. The topological polar surface area (TPSA) is 15.7 Å². The van der Waals surface area contributed by atoms with Crippen molar-refractivity contribution in [1.29, 1.82) is 0 Å². The summed E-state index contributed by atoms with van der Waals surface area (Å²) in [5.74, 6) is 0. The molecule has 1 heterocycles. The zero-order chi connectivity index (χ0) is 8.97. The van der Waals surface area contributed by atoms with Crippen LogP contribution in [0.4, 0.5) is 0 Å². The van der Waals surface area contributed by atoms with E-state index in [4.69, 9.17) is 4.74 Å². The van der Waals surface area contributed by atoms with E-state index < -0.39 is 0 Å². The molecule has 0 amide bonds. The second-order valence-corrected chi connectivity index (χ2v) is 3.65. The van der Waals surface area contributed by atoms with Crippen LogP contribution in [0.5, 0.6) is 0 Å². The standard InChI is InChI=1S/C9H20N2O/c1-9(12-3)8-11-6-4-10(2)5-7-11/h9H,4-8H2,1-3H3/t9-/m0/s1. The summed E-state index contributed by atoms with van der Waals surface area (Å²) in [6.45, 7) is 7.95. The Morgan fingerprint density at radius 1 is 1.25 bits per heavy atom. The van der Waals surface area contributed by atoms with E-state index in [-0.39, 0.29) is 0 Å². The molecule has 12 heavy (non-hydrogen) atoms. The van der Waals surface area contributed by atoms with Crippen molar-refractivity contribution < 1.29 is 4.74 Å². The van der Waals surface area contributed by atoms with Gasteiger partial charge in [0.15, 0.2) is 0 Å². The van der Waals surface area contributed by atoms with Crippen LogP contribution in [-0.4, -0.2) is 62.8 Å². The molecule has 1 fully saturated rings. The number of nitrogens with zero attached hydrogens (tertiary/aromatic N) is 2. The first-order valence-electron chi connectivity index (χ1n) is 4.66. The van der Waals surface area contributed by atoms with Crippen LogP contribution in [0.1, 0.15) is 6.92 Å². The molecule has 1 aliphatic rings. The lowest BCUT2D eigenvalue weighted by Gasteiger charge is -2.33. The van der Waals surface area contributed by atoms with Gasteiger partial charge in [-0.15, -0.1) is 0 Å². The average molecular weight is 172 g/mol. The summed E-state index contributed by atoms with van der Waals surface area (Å²) in [6, 6.07) is 0. The summed E-state index contributed by atoms with van der Waals surface area (Å²) in [6.07, 6.45) is 0.369. The lowest BCUT2D eigenvalue weighted by atomic mass is 10.3. The zero-order valence-electron chi connectivity index (χ0n) is 8.42. The summed E-state index contributed by atoms with van der Waals surface area (Å²) in [5, 5.41) is 0. The molecular weight excluding hydrogens is 152 g/mol. The minimum atomic E-state index is 0.369. The van der Waals surface area contributed by atoms with Crippen molar-refractivity contribution in [1.82, 2.24) is 9.80 Å². The van der Waals surface area contributed by atoms with Gasteiger partial charge in [0.1, 0.15) is 0 Å². The summed E-state index contributed by atoms with van der Waals surface area (Å²) in [5.41, 5.74) is 0. The average Bonchev–Trinajstić information content (AvgIpc) is 2.09. The van der Waals surface area contributed by atoms with Gasteiger partial charge in [0.25, 0.3) is 0 Å². The smallest absolute Gasteiger partial charge is 0.0670 e. The van der Waals surface area contributed by atoms with E-state index >= 15 is 0 Å². The Balaban J connectivity index is 2.17. The van der Waals surface area contributed by atoms with Crippen LogP contribution in [-0.2, 0) is 4.74 Å². The SMILES string of the molecule is CO[C@@H](C)CN1CCN(C)CC1. The molecule has 72 valence electrons. The van der Waals surface area contributed by atoms with Gasteiger partial charge >= 0.3 is 0 Å². The first-order chi connectivity index (χ1) is 5.72. The second-order valence-electron chi connectivity index (χ2n) is 3.65. The maximum absolute atomic E-state index is 5.22.